The lowest BCUT2D eigenvalue weighted by Gasteiger charge is -2.14. The molecule has 0 amide bonds. The Morgan fingerprint density at radius 2 is 2.19 bits per heavy atom. The van der Waals surface area contributed by atoms with E-state index in [1.165, 1.54) is 0 Å². The number of benzene rings is 1. The second kappa shape index (κ2) is 5.04. The maximum absolute atomic E-state index is 6.02. The van der Waals surface area contributed by atoms with Gasteiger partial charge < -0.3 is 9.73 Å². The van der Waals surface area contributed by atoms with Crippen LogP contribution in [0.3, 0.4) is 0 Å². The van der Waals surface area contributed by atoms with Crippen molar-refractivity contribution >= 4 is 27.5 Å². The predicted molar refractivity (Wildman–Crippen MR) is 68.8 cm³/mol. The molecule has 2 aromatic rings. The van der Waals surface area contributed by atoms with E-state index in [1.54, 1.807) is 6.26 Å². The zero-order chi connectivity index (χ0) is 11.5. The number of furan rings is 1. The molecule has 0 saturated heterocycles. The van der Waals surface area contributed by atoms with Crippen LogP contribution in [-0.4, -0.2) is 7.05 Å². The average Bonchev–Trinajstić information content (AvgIpc) is 2.70. The molecule has 0 saturated carbocycles. The van der Waals surface area contributed by atoms with Crippen molar-refractivity contribution in [2.24, 2.45) is 0 Å². The Morgan fingerprint density at radius 3 is 2.75 bits per heavy atom. The Labute approximate surface area is 108 Å². The molecule has 16 heavy (non-hydrogen) atoms. The summed E-state index contributed by atoms with van der Waals surface area (Å²) in [6.45, 7) is 0. The summed E-state index contributed by atoms with van der Waals surface area (Å²) in [6, 6.07) is 9.64. The first-order valence-electron chi connectivity index (χ1n) is 4.87. The zero-order valence-electron chi connectivity index (χ0n) is 8.71. The number of hydrogen-bond acceptors (Lipinski definition) is 2. The molecule has 1 unspecified atom stereocenters. The van der Waals surface area contributed by atoms with Gasteiger partial charge in [0.15, 0.2) is 0 Å². The minimum atomic E-state index is 0.0185. The molecule has 0 aliphatic carbocycles. The van der Waals surface area contributed by atoms with E-state index in [9.17, 15) is 0 Å². The van der Waals surface area contributed by atoms with Crippen LogP contribution in [-0.2, 0) is 0 Å². The molecule has 1 atom stereocenters. The standard InChI is InChI=1S/C12H11BrClNO/c1-15-12(11-3-2-4-16-11)8-5-9(13)7-10(14)6-8/h2-7,12,15H,1H3. The maximum atomic E-state index is 6.02. The molecule has 0 spiro atoms. The third-order valence-corrected chi connectivity index (χ3v) is 3.01. The first kappa shape index (κ1) is 11.7. The molecule has 1 aromatic carbocycles. The van der Waals surface area contributed by atoms with Crippen molar-refractivity contribution in [3.8, 4) is 0 Å². The third kappa shape index (κ3) is 2.48. The molecule has 1 aromatic heterocycles. The summed E-state index contributed by atoms with van der Waals surface area (Å²) in [5, 5.41) is 3.91. The molecule has 0 radical (unpaired) electrons. The van der Waals surface area contributed by atoms with Crippen LogP contribution in [0.2, 0.25) is 5.02 Å². The highest BCUT2D eigenvalue weighted by Gasteiger charge is 2.15. The second-order valence-electron chi connectivity index (χ2n) is 3.44. The smallest absolute Gasteiger partial charge is 0.125 e. The molecule has 84 valence electrons. The van der Waals surface area contributed by atoms with E-state index < -0.39 is 0 Å². The maximum Gasteiger partial charge on any atom is 0.125 e. The summed E-state index contributed by atoms with van der Waals surface area (Å²) in [7, 11) is 1.89. The van der Waals surface area contributed by atoms with E-state index in [-0.39, 0.29) is 6.04 Å². The summed E-state index contributed by atoms with van der Waals surface area (Å²) in [6.07, 6.45) is 1.67. The fourth-order valence-corrected chi connectivity index (χ4v) is 2.56. The van der Waals surface area contributed by atoms with E-state index in [1.807, 2.05) is 37.4 Å². The van der Waals surface area contributed by atoms with Crippen molar-refractivity contribution < 1.29 is 4.42 Å². The van der Waals surface area contributed by atoms with Gasteiger partial charge in [-0.05, 0) is 42.9 Å². The Balaban J connectivity index is 2.41. The molecule has 0 aliphatic heterocycles. The minimum absolute atomic E-state index is 0.0185. The number of nitrogens with one attached hydrogen (secondary N) is 1. The Bertz CT molecular complexity index is 450. The lowest BCUT2D eigenvalue weighted by Crippen LogP contribution is -2.16. The van der Waals surface area contributed by atoms with Crippen LogP contribution >= 0.6 is 27.5 Å². The molecule has 0 aliphatic rings. The molecule has 2 nitrogen and oxygen atoms in total. The number of rotatable bonds is 3. The van der Waals surface area contributed by atoms with Crippen LogP contribution in [0, 0.1) is 0 Å². The van der Waals surface area contributed by atoms with E-state index in [4.69, 9.17) is 16.0 Å². The highest BCUT2D eigenvalue weighted by molar-refractivity contribution is 9.10. The molecule has 4 heteroatoms. The van der Waals surface area contributed by atoms with Gasteiger partial charge in [-0.1, -0.05) is 27.5 Å². The van der Waals surface area contributed by atoms with Gasteiger partial charge in [0.05, 0.1) is 12.3 Å². The highest BCUT2D eigenvalue weighted by Crippen LogP contribution is 2.27. The van der Waals surface area contributed by atoms with Gasteiger partial charge in [-0.2, -0.15) is 0 Å². The summed E-state index contributed by atoms with van der Waals surface area (Å²) < 4.78 is 6.36. The molecule has 0 fully saturated rings. The quantitative estimate of drug-likeness (QED) is 0.926. The Morgan fingerprint density at radius 1 is 1.38 bits per heavy atom. The van der Waals surface area contributed by atoms with Crippen molar-refractivity contribution in [3.05, 3.63) is 57.4 Å². The van der Waals surface area contributed by atoms with Gasteiger partial charge in [-0.25, -0.2) is 0 Å². The van der Waals surface area contributed by atoms with Crippen LogP contribution < -0.4 is 5.32 Å². The first-order valence-corrected chi connectivity index (χ1v) is 6.04. The van der Waals surface area contributed by atoms with Crippen molar-refractivity contribution in [1.82, 2.24) is 5.32 Å². The Kier molecular flexibility index (Phi) is 3.69. The highest BCUT2D eigenvalue weighted by atomic mass is 79.9. The zero-order valence-corrected chi connectivity index (χ0v) is 11.0. The second-order valence-corrected chi connectivity index (χ2v) is 4.79. The molecular weight excluding hydrogens is 289 g/mol. The van der Waals surface area contributed by atoms with Crippen LogP contribution in [0.1, 0.15) is 17.4 Å². The molecule has 0 bridgehead atoms. The van der Waals surface area contributed by atoms with Crippen LogP contribution in [0.4, 0.5) is 0 Å². The lowest BCUT2D eigenvalue weighted by atomic mass is 10.1. The summed E-state index contributed by atoms with van der Waals surface area (Å²) >= 11 is 9.46. The first-order chi connectivity index (χ1) is 7.70. The SMILES string of the molecule is CNC(c1cc(Cl)cc(Br)c1)c1ccco1. The van der Waals surface area contributed by atoms with Gasteiger partial charge in [-0.3, -0.25) is 0 Å². The number of halogens is 2. The van der Waals surface area contributed by atoms with Crippen molar-refractivity contribution in [2.45, 2.75) is 6.04 Å². The van der Waals surface area contributed by atoms with Gasteiger partial charge >= 0.3 is 0 Å². The molecule has 1 N–H and O–H groups in total. The van der Waals surface area contributed by atoms with Gasteiger partial charge in [0.2, 0.25) is 0 Å². The van der Waals surface area contributed by atoms with Crippen LogP contribution in [0.5, 0.6) is 0 Å². The monoisotopic (exact) mass is 299 g/mol. The molecule has 1 heterocycles. The summed E-state index contributed by atoms with van der Waals surface area (Å²) in [5.74, 6) is 0.872. The number of hydrogen-bond donors (Lipinski definition) is 1. The molecular formula is C12H11BrClNO. The Hall–Kier alpha value is -0.770. The normalized spacial score (nSPS) is 12.7. The topological polar surface area (TPSA) is 25.2 Å². The van der Waals surface area contributed by atoms with E-state index in [2.05, 4.69) is 21.2 Å². The average molecular weight is 301 g/mol. The van der Waals surface area contributed by atoms with Crippen molar-refractivity contribution in [2.75, 3.05) is 7.05 Å². The fraction of sp³-hybridized carbons (Fsp3) is 0.167. The largest absolute Gasteiger partial charge is 0.467 e. The van der Waals surface area contributed by atoms with Gasteiger partial charge in [0.25, 0.3) is 0 Å². The van der Waals surface area contributed by atoms with Crippen LogP contribution in [0.25, 0.3) is 0 Å². The lowest BCUT2D eigenvalue weighted by molar-refractivity contribution is 0.463. The van der Waals surface area contributed by atoms with E-state index in [0.29, 0.717) is 5.02 Å². The van der Waals surface area contributed by atoms with E-state index >= 15 is 0 Å². The van der Waals surface area contributed by atoms with Crippen molar-refractivity contribution in [3.63, 3.8) is 0 Å². The van der Waals surface area contributed by atoms with Gasteiger partial charge in [0.1, 0.15) is 5.76 Å². The molecule has 2 rings (SSSR count). The predicted octanol–water partition coefficient (Wildman–Crippen LogP) is 4.00. The van der Waals surface area contributed by atoms with Gasteiger partial charge in [-0.15, -0.1) is 0 Å². The van der Waals surface area contributed by atoms with Gasteiger partial charge in [0, 0.05) is 9.50 Å². The van der Waals surface area contributed by atoms with Crippen molar-refractivity contribution in [1.29, 1.82) is 0 Å². The third-order valence-electron chi connectivity index (χ3n) is 2.33. The fourth-order valence-electron chi connectivity index (χ4n) is 1.67. The summed E-state index contributed by atoms with van der Waals surface area (Å²) in [4.78, 5) is 0. The van der Waals surface area contributed by atoms with Crippen LogP contribution in [0.15, 0.2) is 45.5 Å². The summed E-state index contributed by atoms with van der Waals surface area (Å²) in [5.41, 5.74) is 1.07. The minimum Gasteiger partial charge on any atom is -0.467 e. The van der Waals surface area contributed by atoms with E-state index in [0.717, 1.165) is 15.8 Å².